The van der Waals surface area contributed by atoms with Crippen molar-refractivity contribution in [2.75, 3.05) is 0 Å². The van der Waals surface area contributed by atoms with Crippen molar-refractivity contribution < 1.29 is 52.4 Å². The van der Waals surface area contributed by atoms with Gasteiger partial charge in [-0.1, -0.05) is 0 Å². The van der Waals surface area contributed by atoms with Crippen LogP contribution in [0.15, 0.2) is 0 Å². The van der Waals surface area contributed by atoms with Crippen LogP contribution in [0.25, 0.3) is 0 Å². The van der Waals surface area contributed by atoms with E-state index in [1.54, 1.807) is 0 Å². The molecule has 1 radical (unpaired) electrons. The maximum atomic E-state index is 8.42. The molecule has 0 fully saturated rings. The standard InChI is InChI=1S/Al.BO3.Er/c;2-1(3)4;/q+3;-3;+3. The van der Waals surface area contributed by atoms with Crippen LogP contribution in [0, 0.1) is 37.3 Å². The molecule has 0 heterocycles. The molecule has 0 rings (SSSR count). The van der Waals surface area contributed by atoms with E-state index >= 15 is 0 Å². The van der Waals surface area contributed by atoms with E-state index in [0.717, 1.165) is 0 Å². The molecule has 0 amide bonds. The molecule has 0 aromatic heterocycles. The first-order valence-electron chi connectivity index (χ1n) is 0.707. The van der Waals surface area contributed by atoms with Gasteiger partial charge >= 0.3 is 54.7 Å². The summed E-state index contributed by atoms with van der Waals surface area (Å²) in [7, 11) is -2.92. The molecule has 6 heavy (non-hydrogen) atoms. The van der Waals surface area contributed by atoms with Gasteiger partial charge in [0, 0.05) is 0 Å². The topological polar surface area (TPSA) is 69.2 Å². The van der Waals surface area contributed by atoms with E-state index < -0.39 is 7.32 Å². The molecule has 0 unspecified atom stereocenters. The van der Waals surface area contributed by atoms with Gasteiger partial charge in [0.2, 0.25) is 0 Å². The van der Waals surface area contributed by atoms with Crippen LogP contribution < -0.4 is 15.1 Å². The van der Waals surface area contributed by atoms with Gasteiger partial charge in [-0.15, -0.1) is 0 Å². The number of hydrogen-bond donors (Lipinski definition) is 0. The number of rotatable bonds is 0. The van der Waals surface area contributed by atoms with Gasteiger partial charge in [0.05, 0.1) is 0 Å². The molecule has 0 saturated carbocycles. The van der Waals surface area contributed by atoms with Crippen molar-refractivity contribution in [3.8, 4) is 0 Å². The molecular weight excluding hydrogens is 253 g/mol. The van der Waals surface area contributed by atoms with Crippen molar-refractivity contribution in [1.29, 1.82) is 0 Å². The Morgan fingerprint density at radius 2 is 1.00 bits per heavy atom. The molecule has 0 aliphatic carbocycles. The average molecular weight is 253 g/mol. The minimum atomic E-state index is -2.92. The molecule has 0 aromatic carbocycles. The SMILES string of the molecule is [Al+3].[Er+3].[O-]B([O-])[O-]. The van der Waals surface area contributed by atoms with Crippen molar-refractivity contribution in [2.24, 2.45) is 0 Å². The van der Waals surface area contributed by atoms with Crippen LogP contribution in [0.1, 0.15) is 0 Å². The molecule has 0 saturated heterocycles. The Balaban J connectivity index is -0.0000000450. The van der Waals surface area contributed by atoms with Gasteiger partial charge in [-0.2, -0.15) is 0 Å². The molecule has 6 heteroatoms. The van der Waals surface area contributed by atoms with Crippen molar-refractivity contribution >= 4 is 24.7 Å². The fraction of sp³-hybridized carbons (Fsp3) is 0. The van der Waals surface area contributed by atoms with Crippen LogP contribution >= 0.6 is 0 Å². The van der Waals surface area contributed by atoms with Gasteiger partial charge in [-0.25, -0.2) is 0 Å². The van der Waals surface area contributed by atoms with Crippen LogP contribution in [0.3, 0.4) is 0 Å². The Morgan fingerprint density at radius 1 is 1.00 bits per heavy atom. The third-order valence-electron chi connectivity index (χ3n) is 0. The van der Waals surface area contributed by atoms with E-state index in [1.807, 2.05) is 0 Å². The van der Waals surface area contributed by atoms with E-state index in [9.17, 15) is 0 Å². The molecule has 0 aliphatic heterocycles. The summed E-state index contributed by atoms with van der Waals surface area (Å²) in [6.45, 7) is 0. The van der Waals surface area contributed by atoms with Crippen LogP contribution in [0.5, 0.6) is 0 Å². The second kappa shape index (κ2) is 9.87. The van der Waals surface area contributed by atoms with Crippen molar-refractivity contribution in [1.82, 2.24) is 0 Å². The largest absolute Gasteiger partial charge is 3.00 e. The van der Waals surface area contributed by atoms with Gasteiger partial charge in [0.15, 0.2) is 0 Å². The summed E-state index contributed by atoms with van der Waals surface area (Å²) in [5, 5.41) is 25.2. The zero-order chi connectivity index (χ0) is 3.58. The third kappa shape index (κ3) is 43.0. The summed E-state index contributed by atoms with van der Waals surface area (Å²) >= 11 is 0. The Labute approximate surface area is 76.3 Å². The Bertz CT molecular complexity index is 15.5. The molecule has 0 N–H and O–H groups in total. The average Bonchev–Trinajstić information content (AvgIpc) is 0.811. The molecule has 0 aliphatic rings. The second-order valence-electron chi connectivity index (χ2n) is 0.289. The summed E-state index contributed by atoms with van der Waals surface area (Å²) in [5.74, 6) is 0. The fourth-order valence-corrected chi connectivity index (χ4v) is 0. The molecular formula is AlBErO3+3. The summed E-state index contributed by atoms with van der Waals surface area (Å²) < 4.78 is 0. The monoisotopic (exact) mass is 252 g/mol. The minimum Gasteiger partial charge on any atom is -0.907 e. The van der Waals surface area contributed by atoms with E-state index in [1.165, 1.54) is 0 Å². The van der Waals surface area contributed by atoms with Gasteiger partial charge in [0.25, 0.3) is 0 Å². The smallest absolute Gasteiger partial charge is 0.907 e. The zero-order valence-electron chi connectivity index (χ0n) is 2.67. The molecule has 0 aromatic rings. The first-order valence-corrected chi connectivity index (χ1v) is 0.707. The predicted octanol–water partition coefficient (Wildman–Crippen LogP) is -4.33. The molecule has 3 nitrogen and oxygen atoms in total. The van der Waals surface area contributed by atoms with Crippen LogP contribution in [-0.2, 0) is 0 Å². The summed E-state index contributed by atoms with van der Waals surface area (Å²) in [5.41, 5.74) is 0. The quantitative estimate of drug-likeness (QED) is 0.410. The van der Waals surface area contributed by atoms with Gasteiger partial charge in [0.1, 0.15) is 0 Å². The third-order valence-corrected chi connectivity index (χ3v) is 0. The Kier molecular flexibility index (Phi) is 25.7. The van der Waals surface area contributed by atoms with Crippen LogP contribution in [-0.4, -0.2) is 24.7 Å². The van der Waals surface area contributed by atoms with E-state index in [2.05, 4.69) is 0 Å². The van der Waals surface area contributed by atoms with Crippen molar-refractivity contribution in [3.05, 3.63) is 0 Å². The second-order valence-corrected chi connectivity index (χ2v) is 0.289. The predicted molar refractivity (Wildman–Crippen MR) is 11.5 cm³/mol. The van der Waals surface area contributed by atoms with Crippen molar-refractivity contribution in [2.45, 2.75) is 0 Å². The Morgan fingerprint density at radius 3 is 1.00 bits per heavy atom. The van der Waals surface area contributed by atoms with Gasteiger partial charge < -0.3 is 15.1 Å². The minimum absolute atomic E-state index is 0. The van der Waals surface area contributed by atoms with Crippen LogP contribution in [0.4, 0.5) is 0 Å². The van der Waals surface area contributed by atoms with E-state index in [0.29, 0.717) is 0 Å². The maximum absolute atomic E-state index is 8.42. The normalized spacial score (nSPS) is 4.50. The number of hydrogen-bond acceptors (Lipinski definition) is 3. The summed E-state index contributed by atoms with van der Waals surface area (Å²) in [4.78, 5) is 0. The maximum Gasteiger partial charge on any atom is 3.00 e. The van der Waals surface area contributed by atoms with Gasteiger partial charge in [-0.05, 0) is 0 Å². The van der Waals surface area contributed by atoms with E-state index in [4.69, 9.17) is 15.1 Å². The van der Waals surface area contributed by atoms with Crippen LogP contribution in [0.2, 0.25) is 0 Å². The fourth-order valence-electron chi connectivity index (χ4n) is 0. The molecule has 0 atom stereocenters. The molecule has 33 valence electrons. The molecule has 0 bridgehead atoms. The van der Waals surface area contributed by atoms with Gasteiger partial charge in [-0.3, -0.25) is 7.32 Å². The first kappa shape index (κ1) is 15.6. The van der Waals surface area contributed by atoms with Crippen molar-refractivity contribution in [3.63, 3.8) is 0 Å². The Hall–Kier alpha value is 1.72. The van der Waals surface area contributed by atoms with E-state index in [-0.39, 0.29) is 54.7 Å². The molecule has 0 spiro atoms. The first-order chi connectivity index (χ1) is 1.73. The zero-order valence-corrected chi connectivity index (χ0v) is 5.68. The summed E-state index contributed by atoms with van der Waals surface area (Å²) in [6, 6.07) is 0. The summed E-state index contributed by atoms with van der Waals surface area (Å²) in [6.07, 6.45) is 0.